The van der Waals surface area contributed by atoms with Gasteiger partial charge in [-0.1, -0.05) is 12.1 Å². The van der Waals surface area contributed by atoms with Crippen LogP contribution in [0.2, 0.25) is 0 Å². The van der Waals surface area contributed by atoms with E-state index in [4.69, 9.17) is 0 Å². The summed E-state index contributed by atoms with van der Waals surface area (Å²) in [5.74, 6) is -2.25. The number of hydrogen-bond acceptors (Lipinski definition) is 4. The molecule has 13 heteroatoms. The van der Waals surface area contributed by atoms with E-state index in [1.165, 1.54) is 0 Å². The highest BCUT2D eigenvalue weighted by atomic mass is 32.2. The lowest BCUT2D eigenvalue weighted by Crippen LogP contribution is -2.52. The van der Waals surface area contributed by atoms with Crippen molar-refractivity contribution in [2.45, 2.75) is 17.2 Å². The summed E-state index contributed by atoms with van der Waals surface area (Å²) in [5.41, 5.74) is -2.55. The van der Waals surface area contributed by atoms with Crippen molar-refractivity contribution in [3.63, 3.8) is 0 Å². The van der Waals surface area contributed by atoms with E-state index >= 15 is 0 Å². The number of benzene rings is 2. The molecular weight excluding hydrogens is 478 g/mol. The summed E-state index contributed by atoms with van der Waals surface area (Å²) < 4.78 is 103. The van der Waals surface area contributed by atoms with Gasteiger partial charge in [0.05, 0.1) is 16.0 Å². The molecule has 178 valence electrons. The molecular formula is C20H16F6N2O4S. The second-order valence-corrected chi connectivity index (χ2v) is 9.06. The molecule has 1 saturated heterocycles. The van der Waals surface area contributed by atoms with E-state index < -0.39 is 50.8 Å². The summed E-state index contributed by atoms with van der Waals surface area (Å²) in [6, 6.07) is 6.32. The second kappa shape index (κ2) is 8.78. The molecule has 1 heterocycles. The summed E-state index contributed by atoms with van der Waals surface area (Å²) >= 11 is 0. The average Bonchev–Trinajstić information content (AvgIpc) is 2.77. The normalized spacial score (nSPS) is 16.0. The molecule has 0 spiro atoms. The van der Waals surface area contributed by atoms with Gasteiger partial charge in [0.15, 0.2) is 0 Å². The first-order valence-corrected chi connectivity index (χ1v) is 10.8. The number of carbonyl (C=O) groups excluding carboxylic acids is 2. The van der Waals surface area contributed by atoms with Crippen molar-refractivity contribution in [1.82, 2.24) is 9.21 Å². The predicted octanol–water partition coefficient (Wildman–Crippen LogP) is 3.44. The monoisotopic (exact) mass is 494 g/mol. The maximum absolute atomic E-state index is 12.8. The van der Waals surface area contributed by atoms with E-state index in [2.05, 4.69) is 0 Å². The van der Waals surface area contributed by atoms with E-state index in [1.54, 1.807) is 0 Å². The molecule has 0 unspecified atom stereocenters. The van der Waals surface area contributed by atoms with Crippen LogP contribution in [0.25, 0.3) is 0 Å². The van der Waals surface area contributed by atoms with E-state index in [0.717, 1.165) is 39.5 Å². The Labute approximate surface area is 184 Å². The van der Waals surface area contributed by atoms with Crippen LogP contribution in [-0.4, -0.2) is 55.5 Å². The average molecular weight is 494 g/mol. The lowest BCUT2D eigenvalue weighted by atomic mass is 10.1. The highest BCUT2D eigenvalue weighted by Crippen LogP contribution is 2.31. The van der Waals surface area contributed by atoms with Crippen LogP contribution >= 0.6 is 0 Å². The van der Waals surface area contributed by atoms with Gasteiger partial charge in [0.25, 0.3) is 5.91 Å². The van der Waals surface area contributed by atoms with Crippen LogP contribution in [0.1, 0.15) is 21.5 Å². The van der Waals surface area contributed by atoms with Gasteiger partial charge in [-0.25, -0.2) is 8.42 Å². The molecule has 1 aliphatic heterocycles. The maximum atomic E-state index is 12.8. The maximum Gasteiger partial charge on any atom is 0.416 e. The van der Waals surface area contributed by atoms with Crippen LogP contribution in [-0.2, 0) is 27.2 Å². The minimum atomic E-state index is -4.70. The van der Waals surface area contributed by atoms with Gasteiger partial charge in [0.1, 0.15) is 0 Å². The molecule has 3 rings (SSSR count). The number of carbonyl (C=O) groups is 2. The molecule has 2 aromatic rings. The van der Waals surface area contributed by atoms with Crippen LogP contribution < -0.4 is 0 Å². The minimum absolute atomic E-state index is 0.219. The van der Waals surface area contributed by atoms with Crippen LogP contribution in [0.5, 0.6) is 0 Å². The number of piperazine rings is 1. The number of sulfonamides is 1. The van der Waals surface area contributed by atoms with Gasteiger partial charge in [0, 0.05) is 31.7 Å². The third kappa shape index (κ3) is 5.36. The van der Waals surface area contributed by atoms with Gasteiger partial charge in [-0.3, -0.25) is 9.59 Å². The fourth-order valence-electron chi connectivity index (χ4n) is 3.20. The fourth-order valence-corrected chi connectivity index (χ4v) is 4.62. The zero-order valence-corrected chi connectivity index (χ0v) is 17.5. The van der Waals surface area contributed by atoms with Gasteiger partial charge in [-0.15, -0.1) is 0 Å². The number of Topliss-reactive ketones (excluding diaryl/α,β-unsaturated/α-hetero) is 1. The van der Waals surface area contributed by atoms with Crippen LogP contribution in [0.3, 0.4) is 0 Å². The third-order valence-corrected chi connectivity index (χ3v) is 6.90. The molecule has 0 saturated carbocycles. The second-order valence-electron chi connectivity index (χ2n) is 7.13. The van der Waals surface area contributed by atoms with E-state index in [-0.39, 0.29) is 31.1 Å². The largest absolute Gasteiger partial charge is 0.416 e. The summed E-state index contributed by atoms with van der Waals surface area (Å²) in [6.45, 7) is -0.928. The Kier molecular flexibility index (Phi) is 6.58. The Morgan fingerprint density at radius 1 is 0.758 bits per heavy atom. The topological polar surface area (TPSA) is 74.8 Å². The highest BCUT2D eigenvalue weighted by molar-refractivity contribution is 7.89. The van der Waals surface area contributed by atoms with Gasteiger partial charge in [-0.05, 0) is 36.4 Å². The summed E-state index contributed by atoms with van der Waals surface area (Å²) in [5, 5.41) is 0. The zero-order chi connectivity index (χ0) is 24.6. The van der Waals surface area contributed by atoms with Crippen molar-refractivity contribution in [1.29, 1.82) is 0 Å². The summed E-state index contributed by atoms with van der Waals surface area (Å²) in [7, 11) is -4.15. The molecule has 0 bridgehead atoms. The standard InChI is InChI=1S/C20H16F6N2O4S/c21-19(22,23)14-4-6-16(7-5-14)33(31,32)28-10-8-27(9-11-28)18(30)17(29)13-2-1-3-15(12-13)20(24,25)26/h1-7,12H,8-11H2. The van der Waals surface area contributed by atoms with Crippen molar-refractivity contribution in [2.75, 3.05) is 26.2 Å². The quantitative estimate of drug-likeness (QED) is 0.371. The Morgan fingerprint density at radius 3 is 1.82 bits per heavy atom. The number of alkyl halides is 6. The predicted molar refractivity (Wildman–Crippen MR) is 103 cm³/mol. The van der Waals surface area contributed by atoms with Crippen LogP contribution in [0.15, 0.2) is 53.4 Å². The van der Waals surface area contributed by atoms with Gasteiger partial charge < -0.3 is 4.90 Å². The Hall–Kier alpha value is -2.93. The van der Waals surface area contributed by atoms with Gasteiger partial charge >= 0.3 is 12.4 Å². The number of nitrogens with zero attached hydrogens (tertiary/aromatic N) is 2. The summed E-state index contributed by atoms with van der Waals surface area (Å²) in [6.07, 6.45) is -9.32. The van der Waals surface area contributed by atoms with Crippen molar-refractivity contribution in [3.8, 4) is 0 Å². The summed E-state index contributed by atoms with van der Waals surface area (Å²) in [4.78, 5) is 25.4. The molecule has 0 aromatic heterocycles. The molecule has 0 atom stereocenters. The molecule has 0 N–H and O–H groups in total. The first kappa shape index (κ1) is 24.7. The molecule has 2 aromatic carbocycles. The molecule has 0 radical (unpaired) electrons. The highest BCUT2D eigenvalue weighted by Gasteiger charge is 2.35. The molecule has 1 amide bonds. The smallest absolute Gasteiger partial charge is 0.333 e. The number of ketones is 1. The van der Waals surface area contributed by atoms with Crippen molar-refractivity contribution in [3.05, 3.63) is 65.2 Å². The SMILES string of the molecule is O=C(C(=O)N1CCN(S(=O)(=O)c2ccc(C(F)(F)F)cc2)CC1)c1cccc(C(F)(F)F)c1. The zero-order valence-electron chi connectivity index (χ0n) is 16.7. The minimum Gasteiger partial charge on any atom is -0.333 e. The van der Waals surface area contributed by atoms with Gasteiger partial charge in [-0.2, -0.15) is 30.6 Å². The van der Waals surface area contributed by atoms with Crippen molar-refractivity contribution >= 4 is 21.7 Å². The molecule has 0 aliphatic carbocycles. The fraction of sp³-hybridized carbons (Fsp3) is 0.300. The van der Waals surface area contributed by atoms with E-state index in [1.807, 2.05) is 0 Å². The van der Waals surface area contributed by atoms with Gasteiger partial charge in [0.2, 0.25) is 15.8 Å². The first-order chi connectivity index (χ1) is 15.2. The number of hydrogen-bond donors (Lipinski definition) is 0. The van der Waals surface area contributed by atoms with E-state index in [0.29, 0.717) is 18.2 Å². The van der Waals surface area contributed by atoms with E-state index in [9.17, 15) is 44.3 Å². The number of halogens is 6. The first-order valence-electron chi connectivity index (χ1n) is 9.39. The molecule has 1 aliphatic rings. The molecule has 1 fully saturated rings. The van der Waals surface area contributed by atoms with Crippen molar-refractivity contribution in [2.24, 2.45) is 0 Å². The lowest BCUT2D eigenvalue weighted by molar-refractivity contribution is -0.138. The number of rotatable bonds is 4. The Bertz CT molecular complexity index is 1150. The molecule has 33 heavy (non-hydrogen) atoms. The van der Waals surface area contributed by atoms with Crippen LogP contribution in [0, 0.1) is 0 Å². The van der Waals surface area contributed by atoms with Crippen LogP contribution in [0.4, 0.5) is 26.3 Å². The Balaban J connectivity index is 1.68. The lowest BCUT2D eigenvalue weighted by Gasteiger charge is -2.33. The van der Waals surface area contributed by atoms with Crippen molar-refractivity contribution < 1.29 is 44.3 Å². The molecule has 6 nitrogen and oxygen atoms in total. The third-order valence-electron chi connectivity index (χ3n) is 4.99. The Morgan fingerprint density at radius 2 is 1.30 bits per heavy atom. The number of amides is 1.